The molecule has 1 aromatic carbocycles. The highest BCUT2D eigenvalue weighted by Crippen LogP contribution is 2.20. The number of anilines is 1. The normalized spacial score (nSPS) is 9.89. The molecular formula is C12H17N3O3. The summed E-state index contributed by atoms with van der Waals surface area (Å²) in [6.45, 7) is 2.02. The van der Waals surface area contributed by atoms with Crippen LogP contribution in [-0.2, 0) is 4.79 Å². The lowest BCUT2D eigenvalue weighted by molar-refractivity contribution is -0.118. The first-order chi connectivity index (χ1) is 8.49. The molecule has 4 N–H and O–H groups in total. The third-order valence-electron chi connectivity index (χ3n) is 2.50. The molecule has 2 amide bonds. The Labute approximate surface area is 105 Å². The van der Waals surface area contributed by atoms with E-state index in [1.54, 1.807) is 25.1 Å². The lowest BCUT2D eigenvalue weighted by Gasteiger charge is -2.20. The van der Waals surface area contributed by atoms with Gasteiger partial charge in [0.05, 0.1) is 19.2 Å². The maximum Gasteiger partial charge on any atom is 0.256 e. The first-order valence-electron chi connectivity index (χ1n) is 5.50. The highest BCUT2D eigenvalue weighted by Gasteiger charge is 2.18. The largest absolute Gasteiger partial charge is 0.497 e. The van der Waals surface area contributed by atoms with Gasteiger partial charge in [-0.2, -0.15) is 0 Å². The monoisotopic (exact) mass is 251 g/mol. The van der Waals surface area contributed by atoms with Crippen molar-refractivity contribution in [3.05, 3.63) is 23.8 Å². The number of hydrogen-bond acceptors (Lipinski definition) is 4. The summed E-state index contributed by atoms with van der Waals surface area (Å²) in [6.07, 6.45) is 0. The van der Waals surface area contributed by atoms with Crippen LogP contribution in [0.25, 0.3) is 0 Å². The summed E-state index contributed by atoms with van der Waals surface area (Å²) in [5, 5.41) is 0. The molecule has 0 aliphatic carbocycles. The van der Waals surface area contributed by atoms with Crippen LogP contribution >= 0.6 is 0 Å². The van der Waals surface area contributed by atoms with Crippen molar-refractivity contribution >= 4 is 17.5 Å². The van der Waals surface area contributed by atoms with E-state index in [2.05, 4.69) is 0 Å². The average molecular weight is 251 g/mol. The van der Waals surface area contributed by atoms with Gasteiger partial charge < -0.3 is 21.1 Å². The first-order valence-corrected chi connectivity index (χ1v) is 5.50. The molecule has 98 valence electrons. The van der Waals surface area contributed by atoms with Crippen LogP contribution in [0, 0.1) is 0 Å². The highest BCUT2D eigenvalue weighted by atomic mass is 16.5. The number of nitrogen functional groups attached to an aromatic ring is 1. The first kappa shape index (κ1) is 13.8. The minimum absolute atomic E-state index is 0.124. The van der Waals surface area contributed by atoms with Crippen LogP contribution in [-0.4, -0.2) is 36.9 Å². The van der Waals surface area contributed by atoms with Crippen molar-refractivity contribution in [3.8, 4) is 5.75 Å². The van der Waals surface area contributed by atoms with Crippen LogP contribution in [0.2, 0.25) is 0 Å². The molecule has 0 bridgehead atoms. The lowest BCUT2D eigenvalue weighted by Crippen LogP contribution is -2.38. The molecule has 0 unspecified atom stereocenters. The second-order valence-corrected chi connectivity index (χ2v) is 3.74. The Bertz CT molecular complexity index is 460. The van der Waals surface area contributed by atoms with E-state index in [4.69, 9.17) is 16.2 Å². The number of likely N-dealkylation sites (N-methyl/N-ethyl adjacent to an activating group) is 1. The molecule has 0 heterocycles. The van der Waals surface area contributed by atoms with Crippen molar-refractivity contribution in [3.63, 3.8) is 0 Å². The number of nitrogens with zero attached hydrogens (tertiary/aromatic N) is 1. The Hall–Kier alpha value is -2.24. The molecule has 1 aromatic rings. The third-order valence-corrected chi connectivity index (χ3v) is 2.50. The molecule has 18 heavy (non-hydrogen) atoms. The topological polar surface area (TPSA) is 98.6 Å². The summed E-state index contributed by atoms with van der Waals surface area (Å²) in [4.78, 5) is 24.3. The molecular weight excluding hydrogens is 234 g/mol. The molecule has 0 saturated carbocycles. The molecule has 1 rings (SSSR count). The zero-order chi connectivity index (χ0) is 13.7. The number of carbonyl (C=O) groups is 2. The van der Waals surface area contributed by atoms with Crippen molar-refractivity contribution in [1.82, 2.24) is 4.90 Å². The van der Waals surface area contributed by atoms with Gasteiger partial charge >= 0.3 is 0 Å². The minimum atomic E-state index is -0.558. The smallest absolute Gasteiger partial charge is 0.256 e. The molecule has 6 heteroatoms. The van der Waals surface area contributed by atoms with E-state index < -0.39 is 5.91 Å². The number of ether oxygens (including phenoxy) is 1. The maximum atomic E-state index is 12.1. The number of hydrogen-bond donors (Lipinski definition) is 2. The molecule has 0 aliphatic rings. The molecule has 0 aliphatic heterocycles. The van der Waals surface area contributed by atoms with Crippen LogP contribution in [0.5, 0.6) is 5.75 Å². The molecule has 0 radical (unpaired) electrons. The second kappa shape index (κ2) is 5.90. The fourth-order valence-corrected chi connectivity index (χ4v) is 1.55. The fraction of sp³-hybridized carbons (Fsp3) is 0.333. The summed E-state index contributed by atoms with van der Waals surface area (Å²) in [5.41, 5.74) is 11.5. The Balaban J connectivity index is 2.98. The number of nitrogens with two attached hydrogens (primary N) is 2. The fourth-order valence-electron chi connectivity index (χ4n) is 1.55. The molecule has 0 atom stereocenters. The predicted octanol–water partition coefficient (Wildman–Crippen LogP) is 0.225. The summed E-state index contributed by atoms with van der Waals surface area (Å²) < 4.78 is 5.00. The zero-order valence-corrected chi connectivity index (χ0v) is 10.5. The van der Waals surface area contributed by atoms with Crippen molar-refractivity contribution in [2.45, 2.75) is 6.92 Å². The Kier molecular flexibility index (Phi) is 4.53. The van der Waals surface area contributed by atoms with Gasteiger partial charge in [-0.25, -0.2) is 0 Å². The van der Waals surface area contributed by atoms with Gasteiger partial charge in [-0.15, -0.1) is 0 Å². The Morgan fingerprint density at radius 2 is 2.06 bits per heavy atom. The predicted molar refractivity (Wildman–Crippen MR) is 68.2 cm³/mol. The summed E-state index contributed by atoms with van der Waals surface area (Å²) in [6, 6.07) is 4.77. The van der Waals surface area contributed by atoms with Gasteiger partial charge in [0.15, 0.2) is 0 Å². The highest BCUT2D eigenvalue weighted by molar-refractivity contribution is 6.00. The van der Waals surface area contributed by atoms with Crippen molar-refractivity contribution in [2.75, 3.05) is 25.9 Å². The zero-order valence-electron chi connectivity index (χ0n) is 10.5. The SMILES string of the molecule is CCN(CC(N)=O)C(=O)c1ccc(OC)cc1N. The Morgan fingerprint density at radius 3 is 2.50 bits per heavy atom. The van der Waals surface area contributed by atoms with E-state index >= 15 is 0 Å². The van der Waals surface area contributed by atoms with E-state index in [1.165, 1.54) is 12.0 Å². The van der Waals surface area contributed by atoms with Crippen molar-refractivity contribution < 1.29 is 14.3 Å². The van der Waals surface area contributed by atoms with E-state index in [-0.39, 0.29) is 12.5 Å². The van der Waals surface area contributed by atoms with Crippen LogP contribution in [0.3, 0.4) is 0 Å². The number of benzene rings is 1. The van der Waals surface area contributed by atoms with Crippen molar-refractivity contribution in [2.24, 2.45) is 5.73 Å². The number of methoxy groups -OCH3 is 1. The van der Waals surface area contributed by atoms with Crippen LogP contribution in [0.4, 0.5) is 5.69 Å². The standard InChI is InChI=1S/C12H17N3O3/c1-3-15(7-11(14)16)12(17)9-5-4-8(18-2)6-10(9)13/h4-6H,3,7,13H2,1-2H3,(H2,14,16). The molecule has 6 nitrogen and oxygen atoms in total. The summed E-state index contributed by atoms with van der Waals surface area (Å²) >= 11 is 0. The summed E-state index contributed by atoms with van der Waals surface area (Å²) in [7, 11) is 1.52. The quantitative estimate of drug-likeness (QED) is 0.731. The second-order valence-electron chi connectivity index (χ2n) is 3.74. The van der Waals surface area contributed by atoms with Gasteiger partial charge in [-0.1, -0.05) is 0 Å². The molecule has 0 saturated heterocycles. The van der Waals surface area contributed by atoms with Gasteiger partial charge in [-0.3, -0.25) is 9.59 Å². The van der Waals surface area contributed by atoms with Gasteiger partial charge in [0, 0.05) is 18.3 Å². The lowest BCUT2D eigenvalue weighted by atomic mass is 10.1. The van der Waals surface area contributed by atoms with E-state index in [0.29, 0.717) is 23.5 Å². The van der Waals surface area contributed by atoms with Crippen LogP contribution < -0.4 is 16.2 Å². The van der Waals surface area contributed by atoms with E-state index in [1.807, 2.05) is 0 Å². The van der Waals surface area contributed by atoms with Gasteiger partial charge in [0.1, 0.15) is 5.75 Å². The van der Waals surface area contributed by atoms with E-state index in [0.717, 1.165) is 0 Å². The van der Waals surface area contributed by atoms with Crippen LogP contribution in [0.15, 0.2) is 18.2 Å². The van der Waals surface area contributed by atoms with Crippen LogP contribution in [0.1, 0.15) is 17.3 Å². The number of rotatable bonds is 5. The molecule has 0 aromatic heterocycles. The maximum absolute atomic E-state index is 12.1. The Morgan fingerprint density at radius 1 is 1.39 bits per heavy atom. The molecule has 0 fully saturated rings. The number of carbonyl (C=O) groups excluding carboxylic acids is 2. The van der Waals surface area contributed by atoms with Gasteiger partial charge in [0.25, 0.3) is 5.91 Å². The van der Waals surface area contributed by atoms with Gasteiger partial charge in [-0.05, 0) is 19.1 Å². The number of amides is 2. The molecule has 0 spiro atoms. The third kappa shape index (κ3) is 3.13. The van der Waals surface area contributed by atoms with Gasteiger partial charge in [0.2, 0.25) is 5.91 Å². The number of primary amides is 1. The van der Waals surface area contributed by atoms with E-state index in [9.17, 15) is 9.59 Å². The average Bonchev–Trinajstić information content (AvgIpc) is 2.34. The van der Waals surface area contributed by atoms with Crippen molar-refractivity contribution in [1.29, 1.82) is 0 Å². The minimum Gasteiger partial charge on any atom is -0.497 e. The summed E-state index contributed by atoms with van der Waals surface area (Å²) in [5.74, 6) is -0.310.